The predicted molar refractivity (Wildman–Crippen MR) is 111 cm³/mol. The predicted octanol–water partition coefficient (Wildman–Crippen LogP) is 2.36. The lowest BCUT2D eigenvalue weighted by molar-refractivity contribution is -0.125. The number of rotatable bonds is 3. The van der Waals surface area contributed by atoms with Crippen LogP contribution < -0.4 is 5.01 Å². The smallest absolute Gasteiger partial charge is 0.270 e. The standard InChI is InChI=1S/C22H24N4O4/c1-15-3-4-16(2)19(13-15)26-20(27)6-5-18(23-26)22(29)25-10-8-24(9-11-25)21(28)17-7-12-30-14-17/h3-4,7,12-14H,5-6,8-11H2,1-2H3. The topological polar surface area (TPSA) is 86.4 Å². The minimum Gasteiger partial charge on any atom is -0.472 e. The van der Waals surface area contributed by atoms with Gasteiger partial charge in [0, 0.05) is 39.0 Å². The SMILES string of the molecule is Cc1ccc(C)c(N2N=C(C(=O)N3CCN(C(=O)c4ccoc4)CC3)CCC2=O)c1. The number of hydrazone groups is 1. The van der Waals surface area contributed by atoms with Crippen LogP contribution in [-0.4, -0.2) is 59.4 Å². The van der Waals surface area contributed by atoms with Crippen molar-refractivity contribution in [3.8, 4) is 0 Å². The fraction of sp³-hybridized carbons (Fsp3) is 0.364. The molecule has 1 saturated heterocycles. The minimum absolute atomic E-state index is 0.0995. The van der Waals surface area contributed by atoms with Crippen LogP contribution in [0, 0.1) is 13.8 Å². The van der Waals surface area contributed by atoms with Gasteiger partial charge in [-0.1, -0.05) is 12.1 Å². The van der Waals surface area contributed by atoms with E-state index in [1.54, 1.807) is 15.9 Å². The van der Waals surface area contributed by atoms with E-state index in [1.165, 1.54) is 17.5 Å². The van der Waals surface area contributed by atoms with Crippen LogP contribution in [0.25, 0.3) is 0 Å². The van der Waals surface area contributed by atoms with Gasteiger partial charge >= 0.3 is 0 Å². The van der Waals surface area contributed by atoms with Crippen LogP contribution in [0.3, 0.4) is 0 Å². The number of nitrogens with zero attached hydrogens (tertiary/aromatic N) is 4. The minimum atomic E-state index is -0.173. The maximum Gasteiger partial charge on any atom is 0.270 e. The molecule has 1 aromatic carbocycles. The van der Waals surface area contributed by atoms with E-state index in [0.29, 0.717) is 49.6 Å². The van der Waals surface area contributed by atoms with E-state index < -0.39 is 0 Å². The Morgan fingerprint density at radius 3 is 2.33 bits per heavy atom. The van der Waals surface area contributed by atoms with Crippen LogP contribution in [-0.2, 0) is 9.59 Å². The average molecular weight is 408 g/mol. The first-order valence-corrected chi connectivity index (χ1v) is 10.0. The molecule has 4 rings (SSSR count). The number of carbonyl (C=O) groups is 3. The van der Waals surface area contributed by atoms with Crippen LogP contribution >= 0.6 is 0 Å². The first-order chi connectivity index (χ1) is 14.4. The second-order valence-electron chi connectivity index (χ2n) is 7.64. The molecule has 2 aliphatic rings. The molecule has 0 aliphatic carbocycles. The summed E-state index contributed by atoms with van der Waals surface area (Å²) in [5.74, 6) is -0.387. The van der Waals surface area contributed by atoms with E-state index in [1.807, 2.05) is 32.0 Å². The Morgan fingerprint density at radius 1 is 0.967 bits per heavy atom. The molecule has 0 radical (unpaired) electrons. The molecule has 30 heavy (non-hydrogen) atoms. The maximum absolute atomic E-state index is 13.0. The number of hydrogen-bond donors (Lipinski definition) is 0. The van der Waals surface area contributed by atoms with Crippen LogP contribution in [0.15, 0.2) is 46.3 Å². The summed E-state index contributed by atoms with van der Waals surface area (Å²) in [7, 11) is 0. The Bertz CT molecular complexity index is 1000. The highest BCUT2D eigenvalue weighted by molar-refractivity contribution is 6.40. The van der Waals surface area contributed by atoms with Gasteiger partial charge in [0.05, 0.1) is 17.5 Å². The first-order valence-electron chi connectivity index (χ1n) is 10.0. The summed E-state index contributed by atoms with van der Waals surface area (Å²) in [5.41, 5.74) is 3.55. The number of benzene rings is 1. The highest BCUT2D eigenvalue weighted by atomic mass is 16.3. The van der Waals surface area contributed by atoms with Crippen LogP contribution in [0.4, 0.5) is 5.69 Å². The number of anilines is 1. The van der Waals surface area contributed by atoms with Crippen molar-refractivity contribution in [2.45, 2.75) is 26.7 Å². The quantitative estimate of drug-likeness (QED) is 0.780. The summed E-state index contributed by atoms with van der Waals surface area (Å²) >= 11 is 0. The highest BCUT2D eigenvalue weighted by Gasteiger charge is 2.31. The first kappa shape index (κ1) is 19.9. The van der Waals surface area contributed by atoms with E-state index in [-0.39, 0.29) is 24.1 Å². The van der Waals surface area contributed by atoms with Crippen molar-refractivity contribution in [3.63, 3.8) is 0 Å². The van der Waals surface area contributed by atoms with E-state index in [9.17, 15) is 14.4 Å². The van der Waals surface area contributed by atoms with Gasteiger partial charge < -0.3 is 14.2 Å². The number of carbonyl (C=O) groups excluding carboxylic acids is 3. The fourth-order valence-corrected chi connectivity index (χ4v) is 3.71. The van der Waals surface area contributed by atoms with Gasteiger partial charge in [0.2, 0.25) is 5.91 Å². The molecule has 1 fully saturated rings. The van der Waals surface area contributed by atoms with Crippen LogP contribution in [0.2, 0.25) is 0 Å². The largest absolute Gasteiger partial charge is 0.472 e. The lowest BCUT2D eigenvalue weighted by Gasteiger charge is -2.35. The zero-order valence-corrected chi connectivity index (χ0v) is 17.1. The van der Waals surface area contributed by atoms with Gasteiger partial charge in [-0.3, -0.25) is 14.4 Å². The fourth-order valence-electron chi connectivity index (χ4n) is 3.71. The van der Waals surface area contributed by atoms with Crippen LogP contribution in [0.1, 0.15) is 34.3 Å². The third-order valence-corrected chi connectivity index (χ3v) is 5.49. The third kappa shape index (κ3) is 3.85. The van der Waals surface area contributed by atoms with Gasteiger partial charge in [-0.05, 0) is 37.1 Å². The summed E-state index contributed by atoms with van der Waals surface area (Å²) < 4.78 is 4.98. The molecule has 3 amide bonds. The Hall–Kier alpha value is -3.42. The molecule has 1 aromatic heterocycles. The molecular weight excluding hydrogens is 384 g/mol. The molecule has 156 valence electrons. The zero-order chi connectivity index (χ0) is 21.3. The molecule has 0 bridgehead atoms. The third-order valence-electron chi connectivity index (χ3n) is 5.49. The summed E-state index contributed by atoms with van der Waals surface area (Å²) in [5, 5.41) is 5.78. The molecule has 0 N–H and O–H groups in total. The Balaban J connectivity index is 1.46. The molecule has 0 atom stereocenters. The van der Waals surface area contributed by atoms with Crippen molar-refractivity contribution in [3.05, 3.63) is 53.5 Å². The molecule has 0 unspecified atom stereocenters. The van der Waals surface area contributed by atoms with Crippen molar-refractivity contribution >= 4 is 29.1 Å². The molecule has 2 aliphatic heterocycles. The Morgan fingerprint density at radius 2 is 1.67 bits per heavy atom. The number of furan rings is 1. The van der Waals surface area contributed by atoms with Crippen molar-refractivity contribution < 1.29 is 18.8 Å². The maximum atomic E-state index is 13.0. The second-order valence-corrected chi connectivity index (χ2v) is 7.64. The van der Waals surface area contributed by atoms with Gasteiger partial charge in [-0.15, -0.1) is 0 Å². The zero-order valence-electron chi connectivity index (χ0n) is 17.1. The number of hydrogen-bond acceptors (Lipinski definition) is 5. The van der Waals surface area contributed by atoms with Gasteiger partial charge in [-0.2, -0.15) is 5.10 Å². The van der Waals surface area contributed by atoms with Gasteiger partial charge in [0.25, 0.3) is 11.8 Å². The summed E-state index contributed by atoms with van der Waals surface area (Å²) in [4.78, 5) is 41.4. The van der Waals surface area contributed by atoms with E-state index in [2.05, 4.69) is 5.10 Å². The molecular formula is C22H24N4O4. The molecule has 0 spiro atoms. The van der Waals surface area contributed by atoms with Gasteiger partial charge in [-0.25, -0.2) is 5.01 Å². The van der Waals surface area contributed by atoms with Crippen molar-refractivity contribution in [2.75, 3.05) is 31.2 Å². The second kappa shape index (κ2) is 8.14. The molecule has 2 aromatic rings. The molecule has 3 heterocycles. The van der Waals surface area contributed by atoms with Crippen molar-refractivity contribution in [1.29, 1.82) is 0 Å². The number of amides is 3. The summed E-state index contributed by atoms with van der Waals surface area (Å²) in [6.45, 7) is 5.63. The number of piperazine rings is 1. The average Bonchev–Trinajstić information content (AvgIpc) is 3.30. The molecule has 0 saturated carbocycles. The molecule has 8 nitrogen and oxygen atoms in total. The van der Waals surface area contributed by atoms with Crippen LogP contribution in [0.5, 0.6) is 0 Å². The van der Waals surface area contributed by atoms with Crippen molar-refractivity contribution in [1.82, 2.24) is 9.80 Å². The lowest BCUT2D eigenvalue weighted by atomic mass is 10.1. The number of aryl methyl sites for hydroxylation is 2. The summed E-state index contributed by atoms with van der Waals surface area (Å²) in [6, 6.07) is 7.47. The van der Waals surface area contributed by atoms with Gasteiger partial charge in [0.15, 0.2) is 0 Å². The summed E-state index contributed by atoms with van der Waals surface area (Å²) in [6.07, 6.45) is 3.47. The van der Waals surface area contributed by atoms with E-state index >= 15 is 0 Å². The molecule has 8 heteroatoms. The Labute approximate surface area is 174 Å². The monoisotopic (exact) mass is 408 g/mol. The van der Waals surface area contributed by atoms with Crippen molar-refractivity contribution in [2.24, 2.45) is 5.10 Å². The van der Waals surface area contributed by atoms with Gasteiger partial charge in [0.1, 0.15) is 12.0 Å². The normalized spacial score (nSPS) is 17.2. The highest BCUT2D eigenvalue weighted by Crippen LogP contribution is 2.26. The lowest BCUT2D eigenvalue weighted by Crippen LogP contribution is -2.52. The Kier molecular flexibility index (Phi) is 5.39. The van der Waals surface area contributed by atoms with E-state index in [4.69, 9.17) is 4.42 Å². The van der Waals surface area contributed by atoms with E-state index in [0.717, 1.165) is 11.1 Å².